The third kappa shape index (κ3) is 4.35. The van der Waals surface area contributed by atoms with Crippen molar-refractivity contribution >= 4 is 5.91 Å². The maximum absolute atomic E-state index is 11.4. The number of amides is 1. The van der Waals surface area contributed by atoms with Gasteiger partial charge in [0.15, 0.2) is 0 Å². The maximum Gasteiger partial charge on any atom is 0.220 e. The molecule has 1 aromatic rings. The summed E-state index contributed by atoms with van der Waals surface area (Å²) < 4.78 is 0. The topological polar surface area (TPSA) is 80.9 Å². The summed E-state index contributed by atoms with van der Waals surface area (Å²) in [5.74, 6) is 0.212. The Morgan fingerprint density at radius 2 is 2.25 bits per heavy atom. The van der Waals surface area contributed by atoms with Crippen LogP contribution in [0.25, 0.3) is 0 Å². The van der Waals surface area contributed by atoms with E-state index in [1.165, 1.54) is 0 Å². The highest BCUT2D eigenvalue weighted by atomic mass is 16.1. The predicted octanol–water partition coefficient (Wildman–Crippen LogP) is 0.386. The van der Waals surface area contributed by atoms with Gasteiger partial charge in [-0.2, -0.15) is 0 Å². The number of nitrogens with zero attached hydrogens (tertiary/aromatic N) is 2. The first-order valence-electron chi connectivity index (χ1n) is 5.36. The summed E-state index contributed by atoms with van der Waals surface area (Å²) in [4.78, 5) is 19.7. The average molecular weight is 222 g/mol. The molecule has 0 aromatic carbocycles. The van der Waals surface area contributed by atoms with E-state index in [9.17, 15) is 4.79 Å². The van der Waals surface area contributed by atoms with Gasteiger partial charge in [0.1, 0.15) is 0 Å². The van der Waals surface area contributed by atoms with E-state index in [4.69, 9.17) is 5.73 Å². The average Bonchev–Trinajstić information content (AvgIpc) is 2.28. The number of carbonyl (C=O) groups is 1. The van der Waals surface area contributed by atoms with E-state index >= 15 is 0 Å². The Balaban J connectivity index is 2.34. The van der Waals surface area contributed by atoms with Crippen molar-refractivity contribution in [3.05, 3.63) is 23.8 Å². The highest BCUT2D eigenvalue weighted by molar-refractivity contribution is 5.76. The number of nitrogens with one attached hydrogen (secondary N) is 1. The van der Waals surface area contributed by atoms with Crippen molar-refractivity contribution in [1.82, 2.24) is 15.3 Å². The Morgan fingerprint density at radius 1 is 1.50 bits per heavy atom. The van der Waals surface area contributed by atoms with E-state index < -0.39 is 0 Å². The number of rotatable bonds is 5. The highest BCUT2D eigenvalue weighted by Crippen LogP contribution is 1.99. The van der Waals surface area contributed by atoms with Gasteiger partial charge >= 0.3 is 0 Å². The third-order valence-electron chi connectivity index (χ3n) is 2.24. The molecule has 0 bridgehead atoms. The van der Waals surface area contributed by atoms with Gasteiger partial charge in [0, 0.05) is 12.6 Å². The molecule has 1 heterocycles. The van der Waals surface area contributed by atoms with Gasteiger partial charge in [-0.3, -0.25) is 14.8 Å². The molecule has 1 aromatic heterocycles. The zero-order chi connectivity index (χ0) is 12.0. The monoisotopic (exact) mass is 222 g/mol. The summed E-state index contributed by atoms with van der Waals surface area (Å²) in [5.41, 5.74) is 7.07. The van der Waals surface area contributed by atoms with Crippen LogP contribution in [0.15, 0.2) is 12.4 Å². The minimum absolute atomic E-state index is 0.000301. The fourth-order valence-corrected chi connectivity index (χ4v) is 1.17. The van der Waals surface area contributed by atoms with E-state index in [2.05, 4.69) is 15.3 Å². The van der Waals surface area contributed by atoms with Crippen molar-refractivity contribution in [2.24, 2.45) is 11.7 Å². The number of aryl methyl sites for hydroxylation is 1. The molecule has 88 valence electrons. The lowest BCUT2D eigenvalue weighted by Crippen LogP contribution is -2.27. The van der Waals surface area contributed by atoms with Gasteiger partial charge in [0.25, 0.3) is 0 Å². The normalized spacial score (nSPS) is 12.2. The fourth-order valence-electron chi connectivity index (χ4n) is 1.17. The van der Waals surface area contributed by atoms with Crippen molar-refractivity contribution < 1.29 is 4.79 Å². The first kappa shape index (κ1) is 12.6. The number of hydrogen-bond donors (Lipinski definition) is 2. The van der Waals surface area contributed by atoms with E-state index in [0.29, 0.717) is 19.5 Å². The van der Waals surface area contributed by atoms with Gasteiger partial charge in [-0.05, 0) is 19.4 Å². The Hall–Kier alpha value is -1.49. The molecule has 1 unspecified atom stereocenters. The molecule has 0 aliphatic heterocycles. The maximum atomic E-state index is 11.4. The van der Waals surface area contributed by atoms with Crippen LogP contribution in [0.3, 0.4) is 0 Å². The molecule has 0 aliphatic carbocycles. The molecule has 1 amide bonds. The Kier molecular flexibility index (Phi) is 4.85. The van der Waals surface area contributed by atoms with Crippen molar-refractivity contribution in [3.8, 4) is 0 Å². The van der Waals surface area contributed by atoms with Gasteiger partial charge in [-0.1, -0.05) is 6.92 Å². The molecule has 5 nitrogen and oxygen atoms in total. The van der Waals surface area contributed by atoms with Crippen LogP contribution in [0.4, 0.5) is 0 Å². The van der Waals surface area contributed by atoms with E-state index in [-0.39, 0.29) is 11.8 Å². The van der Waals surface area contributed by atoms with Gasteiger partial charge in [0.2, 0.25) is 5.91 Å². The van der Waals surface area contributed by atoms with Gasteiger partial charge < -0.3 is 11.1 Å². The summed E-state index contributed by atoms with van der Waals surface area (Å²) in [7, 11) is 0. The van der Waals surface area contributed by atoms with E-state index in [1.54, 1.807) is 12.4 Å². The van der Waals surface area contributed by atoms with Crippen LogP contribution >= 0.6 is 0 Å². The van der Waals surface area contributed by atoms with Crippen molar-refractivity contribution in [3.63, 3.8) is 0 Å². The second-order valence-corrected chi connectivity index (χ2v) is 3.97. The van der Waals surface area contributed by atoms with Crippen molar-refractivity contribution in [1.29, 1.82) is 0 Å². The van der Waals surface area contributed by atoms with Gasteiger partial charge in [0.05, 0.1) is 24.1 Å². The number of nitrogens with two attached hydrogens (primary N) is 1. The van der Waals surface area contributed by atoms with Crippen LogP contribution < -0.4 is 11.1 Å². The van der Waals surface area contributed by atoms with Crippen LogP contribution in [0, 0.1) is 12.8 Å². The molecule has 5 heteroatoms. The Labute approximate surface area is 95.5 Å². The largest absolute Gasteiger partial charge is 0.350 e. The van der Waals surface area contributed by atoms with Crippen LogP contribution in [-0.4, -0.2) is 22.4 Å². The van der Waals surface area contributed by atoms with Crippen molar-refractivity contribution in [2.75, 3.05) is 6.54 Å². The summed E-state index contributed by atoms with van der Waals surface area (Å²) in [6.45, 7) is 4.77. The van der Waals surface area contributed by atoms with Gasteiger partial charge in [-0.15, -0.1) is 0 Å². The zero-order valence-corrected chi connectivity index (χ0v) is 9.73. The fraction of sp³-hybridized carbons (Fsp3) is 0.545. The molecule has 0 saturated carbocycles. The molecular formula is C11H18N4O. The second-order valence-electron chi connectivity index (χ2n) is 3.97. The smallest absolute Gasteiger partial charge is 0.220 e. The molecule has 0 fully saturated rings. The minimum Gasteiger partial charge on any atom is -0.350 e. The van der Waals surface area contributed by atoms with Crippen LogP contribution in [-0.2, 0) is 11.3 Å². The summed E-state index contributed by atoms with van der Waals surface area (Å²) in [6, 6.07) is 0. The third-order valence-corrected chi connectivity index (χ3v) is 2.24. The molecule has 0 radical (unpaired) electrons. The molecule has 0 aliphatic rings. The molecular weight excluding hydrogens is 204 g/mol. The minimum atomic E-state index is 0.000301. The Bertz CT molecular complexity index is 336. The molecule has 16 heavy (non-hydrogen) atoms. The van der Waals surface area contributed by atoms with Gasteiger partial charge in [-0.25, -0.2) is 0 Å². The summed E-state index contributed by atoms with van der Waals surface area (Å²) in [5, 5.41) is 2.79. The summed E-state index contributed by atoms with van der Waals surface area (Å²) in [6.07, 6.45) is 3.81. The summed E-state index contributed by atoms with van der Waals surface area (Å²) >= 11 is 0. The van der Waals surface area contributed by atoms with Crippen molar-refractivity contribution in [2.45, 2.75) is 26.8 Å². The number of hydrogen-bond acceptors (Lipinski definition) is 4. The molecule has 1 rings (SSSR count). The predicted molar refractivity (Wildman–Crippen MR) is 61.5 cm³/mol. The first-order valence-corrected chi connectivity index (χ1v) is 5.36. The molecule has 0 spiro atoms. The standard InChI is InChI=1S/C11H18N4O/c1-8(4-12)3-11(16)15-7-10-6-13-9(2)5-14-10/h5-6,8H,3-4,7,12H2,1-2H3,(H,15,16). The number of aromatic nitrogens is 2. The van der Waals surface area contributed by atoms with Crippen LogP contribution in [0.5, 0.6) is 0 Å². The quantitative estimate of drug-likeness (QED) is 0.755. The molecule has 3 N–H and O–H groups in total. The van der Waals surface area contributed by atoms with Crippen LogP contribution in [0.2, 0.25) is 0 Å². The van der Waals surface area contributed by atoms with Crippen LogP contribution in [0.1, 0.15) is 24.7 Å². The van der Waals surface area contributed by atoms with E-state index in [1.807, 2.05) is 13.8 Å². The second kappa shape index (κ2) is 6.17. The first-order chi connectivity index (χ1) is 7.61. The molecule has 1 atom stereocenters. The SMILES string of the molecule is Cc1cnc(CNC(=O)CC(C)CN)cn1. The molecule has 0 saturated heterocycles. The Morgan fingerprint density at radius 3 is 2.81 bits per heavy atom. The lowest BCUT2D eigenvalue weighted by molar-refractivity contribution is -0.122. The lowest BCUT2D eigenvalue weighted by atomic mass is 10.1. The van der Waals surface area contributed by atoms with E-state index in [0.717, 1.165) is 11.4 Å². The zero-order valence-electron chi connectivity index (χ0n) is 9.73. The number of carbonyl (C=O) groups excluding carboxylic acids is 1. The lowest BCUT2D eigenvalue weighted by Gasteiger charge is -2.08. The highest BCUT2D eigenvalue weighted by Gasteiger charge is 2.07.